The number of carboxylic acid groups (broad SMARTS) is 2. The summed E-state index contributed by atoms with van der Waals surface area (Å²) < 4.78 is 11.4. The standard InChI is InChI=1S/C24H18O6.2K/c25-23(26)19-3-1-17-13-21(7-5-15(17)11-19)29-9-10-30-22-8-6-16-12-20(24(27)28)4-2-18(16)14-22;;/h1-8,11-14H,9-10H2,(H,25,26)(H,27,28);;/q;2*+1/p-2. The molecule has 0 unspecified atom stereocenters. The maximum atomic E-state index is 10.9. The largest absolute Gasteiger partial charge is 1.00 e. The van der Waals surface area contributed by atoms with Gasteiger partial charge in [-0.3, -0.25) is 0 Å². The molecular formula is C24H16K2O6. The Morgan fingerprint density at radius 2 is 0.906 bits per heavy atom. The van der Waals surface area contributed by atoms with Gasteiger partial charge in [0.15, 0.2) is 0 Å². The van der Waals surface area contributed by atoms with Crippen LogP contribution in [-0.4, -0.2) is 25.2 Å². The first-order chi connectivity index (χ1) is 14.5. The molecule has 0 amide bonds. The fraction of sp³-hybridized carbons (Fsp3) is 0.0833. The van der Waals surface area contributed by atoms with Crippen LogP contribution >= 0.6 is 0 Å². The fourth-order valence-electron chi connectivity index (χ4n) is 3.20. The number of carboxylic acids is 2. The van der Waals surface area contributed by atoms with Crippen molar-refractivity contribution in [2.75, 3.05) is 13.2 Å². The van der Waals surface area contributed by atoms with Crippen molar-refractivity contribution in [3.8, 4) is 11.5 Å². The molecule has 0 saturated carbocycles. The Morgan fingerprint density at radius 3 is 1.28 bits per heavy atom. The second-order valence-corrected chi connectivity index (χ2v) is 6.72. The van der Waals surface area contributed by atoms with E-state index in [9.17, 15) is 19.8 Å². The Morgan fingerprint density at radius 1 is 0.562 bits per heavy atom. The Balaban J connectivity index is 0.00000181. The van der Waals surface area contributed by atoms with Crippen molar-refractivity contribution in [3.63, 3.8) is 0 Å². The van der Waals surface area contributed by atoms with Crippen molar-refractivity contribution in [1.29, 1.82) is 0 Å². The van der Waals surface area contributed by atoms with E-state index in [0.29, 0.717) is 24.7 Å². The molecule has 0 bridgehead atoms. The molecule has 0 aliphatic rings. The minimum Gasteiger partial charge on any atom is -0.545 e. The van der Waals surface area contributed by atoms with E-state index in [-0.39, 0.29) is 114 Å². The second kappa shape index (κ2) is 12.6. The van der Waals surface area contributed by atoms with Crippen LogP contribution in [0.1, 0.15) is 20.7 Å². The van der Waals surface area contributed by atoms with Gasteiger partial charge in [-0.15, -0.1) is 0 Å². The van der Waals surface area contributed by atoms with E-state index < -0.39 is 11.9 Å². The number of carbonyl (C=O) groups excluding carboxylic acids is 2. The van der Waals surface area contributed by atoms with Crippen LogP contribution in [-0.2, 0) is 0 Å². The van der Waals surface area contributed by atoms with Gasteiger partial charge in [-0.1, -0.05) is 36.4 Å². The van der Waals surface area contributed by atoms with Crippen molar-refractivity contribution in [3.05, 3.63) is 83.9 Å². The molecule has 0 spiro atoms. The summed E-state index contributed by atoms with van der Waals surface area (Å²) in [6.45, 7) is 0.647. The van der Waals surface area contributed by atoms with Gasteiger partial charge in [-0.05, 0) is 69.1 Å². The molecule has 0 N–H and O–H groups in total. The van der Waals surface area contributed by atoms with Crippen LogP contribution in [0.3, 0.4) is 0 Å². The molecule has 32 heavy (non-hydrogen) atoms. The minimum absolute atomic E-state index is 0. The van der Waals surface area contributed by atoms with Gasteiger partial charge in [-0.25, -0.2) is 0 Å². The predicted octanol–water partition coefficient (Wildman–Crippen LogP) is -3.81. The summed E-state index contributed by atoms with van der Waals surface area (Å²) >= 11 is 0. The topological polar surface area (TPSA) is 98.7 Å². The van der Waals surface area contributed by atoms with Gasteiger partial charge in [-0.2, -0.15) is 0 Å². The van der Waals surface area contributed by atoms with Crippen LogP contribution in [0.25, 0.3) is 21.5 Å². The van der Waals surface area contributed by atoms with Crippen LogP contribution in [0.15, 0.2) is 72.8 Å². The maximum absolute atomic E-state index is 10.9. The molecule has 8 heteroatoms. The number of carbonyl (C=O) groups is 2. The van der Waals surface area contributed by atoms with E-state index in [2.05, 4.69) is 0 Å². The summed E-state index contributed by atoms with van der Waals surface area (Å²) in [7, 11) is 0. The van der Waals surface area contributed by atoms with E-state index in [4.69, 9.17) is 9.47 Å². The SMILES string of the molecule is O=C([O-])c1ccc2cc(OCCOc3ccc4cc(C(=O)[O-])ccc4c3)ccc2c1.[K+].[K+]. The van der Waals surface area contributed by atoms with E-state index in [1.807, 2.05) is 12.1 Å². The molecule has 0 fully saturated rings. The van der Waals surface area contributed by atoms with Crippen molar-refractivity contribution < 1.29 is 132 Å². The van der Waals surface area contributed by atoms with Gasteiger partial charge in [0.1, 0.15) is 24.7 Å². The maximum Gasteiger partial charge on any atom is 1.00 e. The smallest absolute Gasteiger partial charge is 0.545 e. The summed E-state index contributed by atoms with van der Waals surface area (Å²) in [5.74, 6) is -1.11. The first-order valence-corrected chi connectivity index (χ1v) is 9.25. The number of hydrogen-bond acceptors (Lipinski definition) is 6. The summed E-state index contributed by atoms with van der Waals surface area (Å²) in [5.41, 5.74) is 0.270. The molecule has 0 aromatic heterocycles. The number of aromatic carboxylic acids is 2. The number of fused-ring (bicyclic) bond motifs is 2. The van der Waals surface area contributed by atoms with Gasteiger partial charge >= 0.3 is 103 Å². The Hall–Kier alpha value is -0.787. The van der Waals surface area contributed by atoms with Gasteiger partial charge in [0.25, 0.3) is 0 Å². The molecule has 4 aromatic rings. The molecule has 4 aromatic carbocycles. The van der Waals surface area contributed by atoms with E-state index in [1.165, 1.54) is 12.1 Å². The van der Waals surface area contributed by atoms with Crippen LogP contribution < -0.4 is 122 Å². The van der Waals surface area contributed by atoms with Crippen LogP contribution in [0.5, 0.6) is 11.5 Å². The molecule has 150 valence electrons. The fourth-order valence-corrected chi connectivity index (χ4v) is 3.20. The zero-order valence-electron chi connectivity index (χ0n) is 17.8. The van der Waals surface area contributed by atoms with E-state index in [1.54, 1.807) is 48.5 Å². The molecule has 0 aliphatic carbocycles. The normalized spacial score (nSPS) is 10.1. The quantitative estimate of drug-likeness (QED) is 0.200. The number of rotatable bonds is 7. The summed E-state index contributed by atoms with van der Waals surface area (Å²) in [6, 6.07) is 20.3. The third kappa shape index (κ3) is 6.86. The minimum atomic E-state index is -1.21. The van der Waals surface area contributed by atoms with E-state index in [0.717, 1.165) is 21.5 Å². The van der Waals surface area contributed by atoms with Crippen LogP contribution in [0.2, 0.25) is 0 Å². The molecule has 0 radical (unpaired) electrons. The van der Waals surface area contributed by atoms with Gasteiger partial charge in [0.2, 0.25) is 0 Å². The predicted molar refractivity (Wildman–Crippen MR) is 108 cm³/mol. The van der Waals surface area contributed by atoms with Gasteiger partial charge in [0, 0.05) is 0 Å². The molecule has 0 saturated heterocycles. The van der Waals surface area contributed by atoms with Crippen LogP contribution in [0, 0.1) is 0 Å². The molecule has 0 aliphatic heterocycles. The number of ether oxygens (including phenoxy) is 2. The first kappa shape index (κ1) is 27.5. The van der Waals surface area contributed by atoms with Gasteiger partial charge in [0.05, 0.1) is 11.9 Å². The second-order valence-electron chi connectivity index (χ2n) is 6.72. The Labute approximate surface area is 269 Å². The molecular weight excluding hydrogens is 462 g/mol. The van der Waals surface area contributed by atoms with Gasteiger partial charge < -0.3 is 29.3 Å². The monoisotopic (exact) mass is 478 g/mol. The van der Waals surface area contributed by atoms with Crippen molar-refractivity contribution in [2.24, 2.45) is 0 Å². The Bertz CT molecular complexity index is 1170. The summed E-state index contributed by atoms with van der Waals surface area (Å²) in [6.07, 6.45) is 0. The first-order valence-electron chi connectivity index (χ1n) is 9.25. The van der Waals surface area contributed by atoms with Crippen molar-refractivity contribution in [1.82, 2.24) is 0 Å². The zero-order valence-corrected chi connectivity index (χ0v) is 24.0. The molecule has 0 heterocycles. The Kier molecular flexibility index (Phi) is 10.8. The summed E-state index contributed by atoms with van der Waals surface area (Å²) in [4.78, 5) is 21.9. The van der Waals surface area contributed by atoms with Crippen molar-refractivity contribution in [2.45, 2.75) is 0 Å². The van der Waals surface area contributed by atoms with E-state index >= 15 is 0 Å². The average molecular weight is 479 g/mol. The third-order valence-corrected chi connectivity index (χ3v) is 4.72. The molecule has 6 nitrogen and oxygen atoms in total. The van der Waals surface area contributed by atoms with Crippen LogP contribution in [0.4, 0.5) is 0 Å². The summed E-state index contributed by atoms with van der Waals surface area (Å²) in [5, 5.41) is 25.2. The number of hydrogen-bond donors (Lipinski definition) is 0. The number of benzene rings is 4. The molecule has 4 rings (SSSR count). The zero-order chi connectivity index (χ0) is 21.1. The average Bonchev–Trinajstić information content (AvgIpc) is 2.75. The molecule has 0 atom stereocenters. The van der Waals surface area contributed by atoms with Crippen molar-refractivity contribution >= 4 is 33.5 Å². The third-order valence-electron chi connectivity index (χ3n) is 4.72.